The number of ether oxygens (including phenoxy) is 2. The summed E-state index contributed by atoms with van der Waals surface area (Å²) in [6.07, 6.45) is 1.06. The second kappa shape index (κ2) is 9.94. The molecular formula is C24H34O4. The molecule has 4 heteroatoms. The van der Waals surface area contributed by atoms with Crippen molar-refractivity contribution in [1.29, 1.82) is 0 Å². The van der Waals surface area contributed by atoms with Crippen LogP contribution in [0.1, 0.15) is 69.2 Å². The van der Waals surface area contributed by atoms with Gasteiger partial charge in [0.15, 0.2) is 0 Å². The van der Waals surface area contributed by atoms with Gasteiger partial charge < -0.3 is 19.7 Å². The molecule has 2 aromatic carbocycles. The third kappa shape index (κ3) is 5.49. The van der Waals surface area contributed by atoms with Crippen molar-refractivity contribution in [2.24, 2.45) is 0 Å². The van der Waals surface area contributed by atoms with Crippen molar-refractivity contribution >= 4 is 0 Å². The van der Waals surface area contributed by atoms with Crippen LogP contribution in [0.2, 0.25) is 0 Å². The standard InChI is InChI=1S/C24H34O4/c1-6-24(4,5)21-8-7-9-22(14-21)27-10-11-28-23-19(15-25)12-18(17(2)3)13-20(23)16-26/h7-9,12-14,17,25-26H,6,10-11,15-16H2,1-5H3. The van der Waals surface area contributed by atoms with E-state index in [-0.39, 0.29) is 18.6 Å². The van der Waals surface area contributed by atoms with Gasteiger partial charge in [-0.05, 0) is 53.1 Å². The molecule has 0 atom stereocenters. The molecule has 0 bridgehead atoms. The van der Waals surface area contributed by atoms with Gasteiger partial charge in [-0.1, -0.05) is 46.8 Å². The molecule has 0 amide bonds. The third-order valence-corrected chi connectivity index (χ3v) is 5.37. The Hall–Kier alpha value is -2.04. The molecule has 0 aliphatic rings. The molecule has 0 radical (unpaired) electrons. The highest BCUT2D eigenvalue weighted by Gasteiger charge is 2.18. The van der Waals surface area contributed by atoms with Crippen LogP contribution in [0.15, 0.2) is 36.4 Å². The zero-order chi connectivity index (χ0) is 20.7. The van der Waals surface area contributed by atoms with Crippen LogP contribution >= 0.6 is 0 Å². The molecule has 0 aliphatic heterocycles. The Labute approximate surface area is 169 Å². The lowest BCUT2D eigenvalue weighted by Gasteiger charge is -2.23. The minimum absolute atomic E-state index is 0.111. The molecule has 0 saturated carbocycles. The maximum absolute atomic E-state index is 9.72. The first-order valence-electron chi connectivity index (χ1n) is 10.1. The fourth-order valence-electron chi connectivity index (χ4n) is 3.05. The van der Waals surface area contributed by atoms with Gasteiger partial charge in [-0.25, -0.2) is 0 Å². The average Bonchev–Trinajstić information content (AvgIpc) is 2.70. The summed E-state index contributed by atoms with van der Waals surface area (Å²) in [5.41, 5.74) is 3.83. The number of benzene rings is 2. The molecule has 0 heterocycles. The molecule has 0 aromatic heterocycles. The van der Waals surface area contributed by atoms with E-state index in [2.05, 4.69) is 46.8 Å². The molecular weight excluding hydrogens is 352 g/mol. The molecule has 2 rings (SSSR count). The first-order valence-corrected chi connectivity index (χ1v) is 10.1. The number of rotatable bonds is 10. The number of aliphatic hydroxyl groups excluding tert-OH is 2. The second-order valence-corrected chi connectivity index (χ2v) is 8.10. The minimum Gasteiger partial charge on any atom is -0.490 e. The fourth-order valence-corrected chi connectivity index (χ4v) is 3.05. The smallest absolute Gasteiger partial charge is 0.130 e. The van der Waals surface area contributed by atoms with Crippen molar-refractivity contribution < 1.29 is 19.7 Å². The van der Waals surface area contributed by atoms with Gasteiger partial charge in [0.25, 0.3) is 0 Å². The largest absolute Gasteiger partial charge is 0.490 e. The lowest BCUT2D eigenvalue weighted by Crippen LogP contribution is -2.16. The van der Waals surface area contributed by atoms with Crippen molar-refractivity contribution in [3.8, 4) is 11.5 Å². The zero-order valence-corrected chi connectivity index (χ0v) is 17.8. The summed E-state index contributed by atoms with van der Waals surface area (Å²) >= 11 is 0. The summed E-state index contributed by atoms with van der Waals surface area (Å²) < 4.78 is 11.7. The molecule has 0 unspecified atom stereocenters. The van der Waals surface area contributed by atoms with Crippen LogP contribution in [0.4, 0.5) is 0 Å². The highest BCUT2D eigenvalue weighted by atomic mass is 16.5. The van der Waals surface area contributed by atoms with Crippen molar-refractivity contribution in [3.63, 3.8) is 0 Å². The Morgan fingerprint density at radius 1 is 0.929 bits per heavy atom. The van der Waals surface area contributed by atoms with Crippen molar-refractivity contribution in [3.05, 3.63) is 58.7 Å². The Balaban J connectivity index is 2.03. The van der Waals surface area contributed by atoms with Crippen molar-refractivity contribution in [1.82, 2.24) is 0 Å². The van der Waals surface area contributed by atoms with Gasteiger partial charge in [0, 0.05) is 11.1 Å². The number of hydrogen-bond donors (Lipinski definition) is 2. The minimum atomic E-state index is -0.127. The summed E-state index contributed by atoms with van der Waals surface area (Å²) in [6.45, 7) is 11.3. The van der Waals surface area contributed by atoms with Crippen LogP contribution in [0.5, 0.6) is 11.5 Å². The normalized spacial score (nSPS) is 11.7. The predicted molar refractivity (Wildman–Crippen MR) is 113 cm³/mol. The summed E-state index contributed by atoms with van der Waals surface area (Å²) in [5, 5.41) is 19.4. The van der Waals surface area contributed by atoms with Crippen molar-refractivity contribution in [2.45, 2.75) is 65.6 Å². The van der Waals surface area contributed by atoms with E-state index in [9.17, 15) is 10.2 Å². The number of aliphatic hydroxyl groups is 2. The predicted octanol–water partition coefficient (Wildman–Crippen LogP) is 4.94. The Bertz CT molecular complexity index is 740. The van der Waals surface area contributed by atoms with E-state index in [0.717, 1.165) is 17.7 Å². The lowest BCUT2D eigenvalue weighted by atomic mass is 9.82. The molecule has 2 aromatic rings. The van der Waals surface area contributed by atoms with Gasteiger partial charge in [-0.2, -0.15) is 0 Å². The van der Waals surface area contributed by atoms with Crippen molar-refractivity contribution in [2.75, 3.05) is 13.2 Å². The first-order chi connectivity index (χ1) is 13.3. The highest BCUT2D eigenvalue weighted by molar-refractivity contribution is 5.45. The van der Waals surface area contributed by atoms with E-state index in [4.69, 9.17) is 9.47 Å². The average molecular weight is 387 g/mol. The van der Waals surface area contributed by atoms with E-state index in [1.54, 1.807) is 0 Å². The van der Waals surface area contributed by atoms with E-state index in [1.807, 2.05) is 24.3 Å². The highest BCUT2D eigenvalue weighted by Crippen LogP contribution is 2.31. The van der Waals surface area contributed by atoms with Crippen LogP contribution in [0.25, 0.3) is 0 Å². The van der Waals surface area contributed by atoms with Gasteiger partial charge in [-0.3, -0.25) is 0 Å². The monoisotopic (exact) mass is 386 g/mol. The van der Waals surface area contributed by atoms with Gasteiger partial charge >= 0.3 is 0 Å². The van der Waals surface area contributed by atoms with Crippen LogP contribution in [0, 0.1) is 0 Å². The molecule has 0 aliphatic carbocycles. The Morgan fingerprint density at radius 3 is 2.07 bits per heavy atom. The SMILES string of the molecule is CCC(C)(C)c1cccc(OCCOc2c(CO)cc(C(C)C)cc2CO)c1. The molecule has 2 N–H and O–H groups in total. The van der Waals surface area contributed by atoms with Gasteiger partial charge in [-0.15, -0.1) is 0 Å². The van der Waals surface area contributed by atoms with Crippen LogP contribution in [0.3, 0.4) is 0 Å². The molecule has 0 saturated heterocycles. The quantitative estimate of drug-likeness (QED) is 0.568. The summed E-state index contributed by atoms with van der Waals surface area (Å²) in [6, 6.07) is 12.1. The topological polar surface area (TPSA) is 58.9 Å². The molecule has 4 nitrogen and oxygen atoms in total. The van der Waals surface area contributed by atoms with Gasteiger partial charge in [0.1, 0.15) is 24.7 Å². The summed E-state index contributed by atoms with van der Waals surface area (Å²) in [7, 11) is 0. The fraction of sp³-hybridized carbons (Fsp3) is 0.500. The maximum Gasteiger partial charge on any atom is 0.130 e. The zero-order valence-electron chi connectivity index (χ0n) is 17.8. The Morgan fingerprint density at radius 2 is 1.54 bits per heavy atom. The molecule has 0 spiro atoms. The van der Waals surface area contributed by atoms with Crippen LogP contribution in [-0.4, -0.2) is 23.4 Å². The summed E-state index contributed by atoms with van der Waals surface area (Å²) in [4.78, 5) is 0. The Kier molecular flexibility index (Phi) is 7.90. The second-order valence-electron chi connectivity index (χ2n) is 8.10. The molecule has 154 valence electrons. The lowest BCUT2D eigenvalue weighted by molar-refractivity contribution is 0.202. The third-order valence-electron chi connectivity index (χ3n) is 5.37. The van der Waals surface area contributed by atoms with Gasteiger partial charge in [0.05, 0.1) is 13.2 Å². The van der Waals surface area contributed by atoms with Gasteiger partial charge in [0.2, 0.25) is 0 Å². The van der Waals surface area contributed by atoms with E-state index in [0.29, 0.717) is 36.0 Å². The van der Waals surface area contributed by atoms with Crippen LogP contribution in [-0.2, 0) is 18.6 Å². The maximum atomic E-state index is 9.72. The first kappa shape index (κ1) is 22.3. The van der Waals surface area contributed by atoms with E-state index >= 15 is 0 Å². The van der Waals surface area contributed by atoms with E-state index < -0.39 is 0 Å². The van der Waals surface area contributed by atoms with E-state index in [1.165, 1.54) is 5.56 Å². The number of hydrogen-bond acceptors (Lipinski definition) is 4. The van der Waals surface area contributed by atoms with Crippen LogP contribution < -0.4 is 9.47 Å². The molecule has 28 heavy (non-hydrogen) atoms. The summed E-state index contributed by atoms with van der Waals surface area (Å²) in [5.74, 6) is 1.69. The molecule has 0 fully saturated rings.